The molecule has 88 heavy (non-hydrogen) atoms. The minimum Gasteiger partial charge on any atom is -0.480 e. The fraction of sp³-hybridized carbons (Fsp3) is 0.464. The monoisotopic (exact) mass is 1270 g/mol. The van der Waals surface area contributed by atoms with Gasteiger partial charge in [-0.2, -0.15) is 4.72 Å². The molecule has 0 bridgehead atoms. The number of aryl methyl sites for hydroxylation is 1. The third kappa shape index (κ3) is 23.1. The quantitative estimate of drug-likeness (QED) is 0.0227. The lowest BCUT2D eigenvalue weighted by atomic mass is 10.1. The van der Waals surface area contributed by atoms with Gasteiger partial charge in [-0.1, -0.05) is 30.3 Å². The Morgan fingerprint density at radius 2 is 1.11 bits per heavy atom. The number of H-pyrrole nitrogens is 1. The van der Waals surface area contributed by atoms with Gasteiger partial charge in [0.1, 0.15) is 11.6 Å². The lowest BCUT2D eigenvalue weighted by Crippen LogP contribution is -2.49. The van der Waals surface area contributed by atoms with E-state index in [9.17, 15) is 70.8 Å². The molecule has 0 saturated carbocycles. The van der Waals surface area contributed by atoms with Crippen molar-refractivity contribution in [3.63, 3.8) is 0 Å². The number of rotatable bonds is 35. The highest BCUT2D eigenvalue weighted by atomic mass is 32.2. The van der Waals surface area contributed by atoms with Gasteiger partial charge in [0.2, 0.25) is 31.4 Å². The molecular formula is C56H76N12O18S2. The molecule has 480 valence electrons. The third-order valence-corrected chi connectivity index (χ3v) is 16.8. The summed E-state index contributed by atoms with van der Waals surface area (Å²) in [5, 5.41) is 46.7. The number of hydrogen-bond acceptors (Lipinski definition) is 20. The number of carbonyl (C=O) groups excluding carboxylic acids is 2. The summed E-state index contributed by atoms with van der Waals surface area (Å²) in [4.78, 5) is 99.9. The Kier molecular flexibility index (Phi) is 27.3. The number of ether oxygens (including phenoxy) is 3. The smallest absolute Gasteiger partial charge is 0.323 e. The number of benzene rings is 3. The molecule has 0 radical (unpaired) electrons. The summed E-state index contributed by atoms with van der Waals surface area (Å²) in [6, 6.07) is 14.6. The van der Waals surface area contributed by atoms with Gasteiger partial charge < -0.3 is 60.1 Å². The van der Waals surface area contributed by atoms with Gasteiger partial charge in [0, 0.05) is 123 Å². The van der Waals surface area contributed by atoms with Crippen molar-refractivity contribution in [2.75, 3.05) is 143 Å². The number of anilines is 1. The molecule has 3 aromatic carbocycles. The van der Waals surface area contributed by atoms with Crippen LogP contribution in [-0.4, -0.2) is 251 Å². The first kappa shape index (κ1) is 69.3. The highest BCUT2D eigenvalue weighted by Gasteiger charge is 2.28. The molecule has 1 atom stereocenters. The zero-order chi connectivity index (χ0) is 63.6. The SMILES string of the molecule is Cn1cc(C(=O)NC[C@H](NS(=O)(=O)c2ccc(-c3ccc(S(=O)(=O)NCCCOCCOCCOCCCNC(=O)CN4CCN(CC(=O)O)CCN(CC(=O)O)CCN(CC(=O)O)CC4)cc3)cc2)C(=O)O)c(=O)c2ccc(CNc3ncc[nH]3)cc21. The van der Waals surface area contributed by atoms with Crippen LogP contribution in [-0.2, 0) is 71.8 Å². The Morgan fingerprint density at radius 1 is 0.625 bits per heavy atom. The molecule has 10 N–H and O–H groups in total. The second-order valence-corrected chi connectivity index (χ2v) is 24.0. The van der Waals surface area contributed by atoms with Crippen molar-refractivity contribution in [1.29, 1.82) is 0 Å². The second kappa shape index (κ2) is 34.7. The van der Waals surface area contributed by atoms with E-state index in [0.29, 0.717) is 94.5 Å². The van der Waals surface area contributed by atoms with Crippen molar-refractivity contribution in [3.8, 4) is 11.1 Å². The van der Waals surface area contributed by atoms with E-state index < -0.39 is 67.8 Å². The van der Waals surface area contributed by atoms with Crippen LogP contribution in [0.5, 0.6) is 0 Å². The molecule has 5 aromatic rings. The number of pyridine rings is 1. The Morgan fingerprint density at radius 3 is 1.60 bits per heavy atom. The molecule has 0 unspecified atom stereocenters. The van der Waals surface area contributed by atoms with Crippen molar-refractivity contribution in [2.45, 2.75) is 35.2 Å². The van der Waals surface area contributed by atoms with E-state index in [-0.39, 0.29) is 105 Å². The lowest BCUT2D eigenvalue weighted by molar-refractivity contribution is -0.140. The molecule has 0 spiro atoms. The number of sulfonamides is 2. The third-order valence-electron chi connectivity index (χ3n) is 13.8. The molecule has 2 amide bonds. The van der Waals surface area contributed by atoms with Gasteiger partial charge in [0.15, 0.2) is 5.95 Å². The largest absolute Gasteiger partial charge is 0.480 e. The van der Waals surface area contributed by atoms with Crippen LogP contribution in [0.2, 0.25) is 0 Å². The van der Waals surface area contributed by atoms with Crippen molar-refractivity contribution in [3.05, 3.63) is 107 Å². The number of imidazole rings is 1. The minimum atomic E-state index is -4.45. The normalized spacial score (nSPS) is 14.8. The average molecular weight is 1270 g/mol. The standard InChI is InChI=1S/C56H76N12O18S2/c1-64-35-46(53(76)45-13-4-40(32-48(45)64)33-61-56-58-16-17-59-56)54(77)60-34-47(55(78)79)63-88(82,83)44-11-7-42(8-12-44)41-5-9-43(10-6-41)87(80,81)62-15-3-27-85-29-31-86-30-28-84-26-2-14-57-49(69)36-65-18-20-66(37-50(70)71)22-24-68(39-52(74)75)25-23-67(21-19-65)38-51(72)73/h4-13,16-17,32,35,47,62-63H,2-3,14-15,18-31,33-34,36-39H2,1H3,(H,57,69)(H,60,77)(H,70,71)(H,72,73)(H,74,75)(H,78,79)(H2,58,59,61)/t47-/m0/s1. The molecule has 2 aromatic heterocycles. The summed E-state index contributed by atoms with van der Waals surface area (Å²) in [5.41, 5.74) is 1.59. The number of nitrogens with zero attached hydrogens (tertiary/aromatic N) is 6. The summed E-state index contributed by atoms with van der Waals surface area (Å²) in [6.45, 7) is 3.41. The number of hydrogen-bond donors (Lipinski definition) is 10. The fourth-order valence-corrected chi connectivity index (χ4v) is 11.4. The highest BCUT2D eigenvalue weighted by molar-refractivity contribution is 7.89. The zero-order valence-electron chi connectivity index (χ0n) is 48.6. The number of carbonyl (C=O) groups is 6. The van der Waals surface area contributed by atoms with E-state index in [2.05, 4.69) is 35.4 Å². The molecule has 30 nitrogen and oxygen atoms in total. The Hall–Kier alpha value is -7.76. The molecule has 1 saturated heterocycles. The van der Waals surface area contributed by atoms with Crippen LogP contribution >= 0.6 is 0 Å². The summed E-state index contributed by atoms with van der Waals surface area (Å²) < 4.78 is 75.7. The van der Waals surface area contributed by atoms with Gasteiger partial charge in [-0.3, -0.25) is 53.2 Å². The first-order chi connectivity index (χ1) is 42.1. The lowest BCUT2D eigenvalue weighted by Gasteiger charge is -2.32. The van der Waals surface area contributed by atoms with Gasteiger partial charge in [-0.25, -0.2) is 26.5 Å². The van der Waals surface area contributed by atoms with Gasteiger partial charge in [-0.05, 0) is 65.9 Å². The Bertz CT molecular complexity index is 3380. The van der Waals surface area contributed by atoms with Crippen LogP contribution in [0.25, 0.3) is 22.0 Å². The maximum atomic E-state index is 13.4. The first-order valence-corrected chi connectivity index (χ1v) is 31.2. The number of carboxylic acids is 4. The molecule has 6 rings (SSSR count). The van der Waals surface area contributed by atoms with E-state index in [1.165, 1.54) is 42.6 Å². The van der Waals surface area contributed by atoms with Crippen LogP contribution < -0.4 is 30.8 Å². The molecular weight excluding hydrogens is 1190 g/mol. The Balaban J connectivity index is 0.827. The van der Waals surface area contributed by atoms with E-state index in [1.54, 1.807) is 69.0 Å². The number of fused-ring (bicyclic) bond motifs is 1. The van der Waals surface area contributed by atoms with Crippen molar-refractivity contribution in [1.82, 2.24) is 54.2 Å². The van der Waals surface area contributed by atoms with E-state index in [4.69, 9.17) is 14.2 Å². The number of aromatic nitrogens is 3. The zero-order valence-corrected chi connectivity index (χ0v) is 50.3. The van der Waals surface area contributed by atoms with E-state index in [1.807, 2.05) is 4.90 Å². The summed E-state index contributed by atoms with van der Waals surface area (Å²) in [7, 11) is -6.70. The van der Waals surface area contributed by atoms with Crippen LogP contribution in [0.15, 0.2) is 99.9 Å². The van der Waals surface area contributed by atoms with Gasteiger partial charge in [0.05, 0.1) is 67.9 Å². The summed E-state index contributed by atoms with van der Waals surface area (Å²) >= 11 is 0. The maximum absolute atomic E-state index is 13.4. The van der Waals surface area contributed by atoms with Crippen LogP contribution in [0.3, 0.4) is 0 Å². The molecule has 1 aliphatic rings. The van der Waals surface area contributed by atoms with E-state index >= 15 is 0 Å². The van der Waals surface area contributed by atoms with E-state index in [0.717, 1.165) is 5.56 Å². The second-order valence-electron chi connectivity index (χ2n) is 20.5. The van der Waals surface area contributed by atoms with Gasteiger partial charge >= 0.3 is 23.9 Å². The topological polar surface area (TPSA) is 403 Å². The van der Waals surface area contributed by atoms with Gasteiger partial charge in [-0.15, -0.1) is 0 Å². The number of amides is 2. The average Bonchev–Trinajstić information content (AvgIpc) is 3.43. The van der Waals surface area contributed by atoms with Gasteiger partial charge in [0.25, 0.3) is 5.91 Å². The first-order valence-electron chi connectivity index (χ1n) is 28.2. The van der Waals surface area contributed by atoms with Crippen LogP contribution in [0, 0.1) is 0 Å². The van der Waals surface area contributed by atoms with Crippen LogP contribution in [0.1, 0.15) is 28.8 Å². The molecule has 1 fully saturated rings. The predicted octanol–water partition coefficient (Wildman–Crippen LogP) is -0.598. The summed E-state index contributed by atoms with van der Waals surface area (Å²) in [6.07, 6.45) is 5.48. The van der Waals surface area contributed by atoms with Crippen LogP contribution in [0.4, 0.5) is 5.95 Å². The molecule has 32 heteroatoms. The molecule has 0 aliphatic carbocycles. The van der Waals surface area contributed by atoms with Crippen molar-refractivity contribution < 1.29 is 80.2 Å². The fourth-order valence-electron chi connectivity index (χ4n) is 9.18. The number of carboxylic acid groups (broad SMARTS) is 4. The number of nitrogens with one attached hydrogen (secondary N) is 6. The minimum absolute atomic E-state index is 0.00409. The number of aliphatic carboxylic acids is 4. The summed E-state index contributed by atoms with van der Waals surface area (Å²) in [5.74, 6) is -5.30. The predicted molar refractivity (Wildman–Crippen MR) is 320 cm³/mol. The number of aromatic amines is 1. The molecule has 3 heterocycles. The molecule has 1 aliphatic heterocycles. The Labute approximate surface area is 508 Å². The maximum Gasteiger partial charge on any atom is 0.323 e. The van der Waals surface area contributed by atoms with Crippen molar-refractivity contribution >= 4 is 72.6 Å². The highest BCUT2D eigenvalue weighted by Crippen LogP contribution is 2.24. The van der Waals surface area contributed by atoms with Crippen molar-refractivity contribution in [2.24, 2.45) is 7.05 Å².